The lowest BCUT2D eigenvalue weighted by molar-refractivity contribution is 0.659. The van der Waals surface area contributed by atoms with Crippen LogP contribution in [0.25, 0.3) is 43.8 Å². The van der Waals surface area contributed by atoms with Gasteiger partial charge in [-0.2, -0.15) is 0 Å². The van der Waals surface area contributed by atoms with E-state index in [9.17, 15) is 0 Å². The molecule has 0 saturated carbocycles. The Morgan fingerprint density at radius 2 is 1.33 bits per heavy atom. The van der Waals surface area contributed by atoms with Crippen LogP contribution < -0.4 is 0 Å². The summed E-state index contributed by atoms with van der Waals surface area (Å²) in [5, 5.41) is 4.93. The molecular weight excluding hydrogens is 400 g/mol. The molecule has 1 nitrogen and oxygen atoms in total. The monoisotopic (exact) mass is 424 g/mol. The molecule has 0 radical (unpaired) electrons. The molecular formula is C32H24O. The Labute approximate surface area is 193 Å². The summed E-state index contributed by atoms with van der Waals surface area (Å²) in [6, 6.07) is 35.3. The SMILES string of the molecule is CC1(C)c2ccccc2-c2ccc(Cc3ccc4ccc5oc6ccccc6c5c4c3)cc21. The third-order valence-electron chi connectivity index (χ3n) is 7.48. The molecule has 1 aliphatic rings. The second kappa shape index (κ2) is 6.59. The molecule has 0 spiro atoms. The normalized spacial score (nSPS) is 14.1. The van der Waals surface area contributed by atoms with Crippen LogP contribution in [0, 0.1) is 0 Å². The first kappa shape index (κ1) is 18.7. The Hall–Kier alpha value is -3.84. The van der Waals surface area contributed by atoms with Gasteiger partial charge in [-0.3, -0.25) is 0 Å². The zero-order chi connectivity index (χ0) is 22.2. The number of hydrogen-bond donors (Lipinski definition) is 0. The van der Waals surface area contributed by atoms with Gasteiger partial charge in [-0.15, -0.1) is 0 Å². The average Bonchev–Trinajstić information content (AvgIpc) is 3.33. The van der Waals surface area contributed by atoms with Gasteiger partial charge in [-0.05, 0) is 62.7 Å². The van der Waals surface area contributed by atoms with Crippen molar-refractivity contribution in [1.29, 1.82) is 0 Å². The highest BCUT2D eigenvalue weighted by Gasteiger charge is 2.35. The Bertz CT molecular complexity index is 1710. The largest absolute Gasteiger partial charge is 0.456 e. The third kappa shape index (κ3) is 2.66. The standard InChI is InChI=1S/C32H24O/c1-32(2)27-9-5-3-7-23(27)24-15-12-21(19-28(24)32)17-20-11-13-22-14-16-30-31(26(22)18-20)25-8-4-6-10-29(25)33-30/h3-16,18-19H,17H2,1-2H3. The number of rotatable bonds is 2. The Morgan fingerprint density at radius 1 is 0.606 bits per heavy atom. The highest BCUT2D eigenvalue weighted by molar-refractivity contribution is 6.18. The fourth-order valence-electron chi connectivity index (χ4n) is 5.80. The fraction of sp³-hybridized carbons (Fsp3) is 0.125. The van der Waals surface area contributed by atoms with Crippen LogP contribution in [0.15, 0.2) is 101 Å². The van der Waals surface area contributed by atoms with Crippen LogP contribution in [0.4, 0.5) is 0 Å². The van der Waals surface area contributed by atoms with Crippen LogP contribution in [0.5, 0.6) is 0 Å². The highest BCUT2D eigenvalue weighted by atomic mass is 16.3. The molecule has 1 heterocycles. The van der Waals surface area contributed by atoms with Crippen molar-refractivity contribution in [2.75, 3.05) is 0 Å². The zero-order valence-electron chi connectivity index (χ0n) is 18.9. The van der Waals surface area contributed by atoms with Gasteiger partial charge in [0, 0.05) is 16.2 Å². The van der Waals surface area contributed by atoms with Crippen LogP contribution in [0.3, 0.4) is 0 Å². The van der Waals surface area contributed by atoms with Crippen LogP contribution in [-0.4, -0.2) is 0 Å². The fourth-order valence-corrected chi connectivity index (χ4v) is 5.80. The maximum Gasteiger partial charge on any atom is 0.136 e. The number of hydrogen-bond acceptors (Lipinski definition) is 1. The molecule has 158 valence electrons. The van der Waals surface area contributed by atoms with E-state index in [2.05, 4.69) is 105 Å². The van der Waals surface area contributed by atoms with Gasteiger partial charge >= 0.3 is 0 Å². The minimum absolute atomic E-state index is 0.0349. The predicted octanol–water partition coefficient (Wildman–Crippen LogP) is 8.64. The summed E-state index contributed by atoms with van der Waals surface area (Å²) in [5.74, 6) is 0. The molecule has 0 fully saturated rings. The second-order valence-electron chi connectivity index (χ2n) is 9.82. The van der Waals surface area contributed by atoms with E-state index < -0.39 is 0 Å². The molecule has 0 amide bonds. The van der Waals surface area contributed by atoms with Crippen molar-refractivity contribution in [3.05, 3.63) is 119 Å². The molecule has 0 bridgehead atoms. The van der Waals surface area contributed by atoms with Crippen molar-refractivity contribution in [2.24, 2.45) is 0 Å². The van der Waals surface area contributed by atoms with Crippen LogP contribution in [0.2, 0.25) is 0 Å². The summed E-state index contributed by atoms with van der Waals surface area (Å²) >= 11 is 0. The lowest BCUT2D eigenvalue weighted by atomic mass is 9.81. The van der Waals surface area contributed by atoms with Gasteiger partial charge in [-0.25, -0.2) is 0 Å². The quantitative estimate of drug-likeness (QED) is 0.271. The lowest BCUT2D eigenvalue weighted by Gasteiger charge is -2.22. The first-order valence-corrected chi connectivity index (χ1v) is 11.7. The van der Waals surface area contributed by atoms with Crippen molar-refractivity contribution in [2.45, 2.75) is 25.7 Å². The summed E-state index contributed by atoms with van der Waals surface area (Å²) in [5.41, 5.74) is 10.2. The highest BCUT2D eigenvalue weighted by Crippen LogP contribution is 2.48. The van der Waals surface area contributed by atoms with Crippen molar-refractivity contribution in [1.82, 2.24) is 0 Å². The molecule has 1 aromatic heterocycles. The number of para-hydroxylation sites is 1. The van der Waals surface area contributed by atoms with Gasteiger partial charge < -0.3 is 4.42 Å². The van der Waals surface area contributed by atoms with E-state index in [1.54, 1.807) is 0 Å². The lowest BCUT2D eigenvalue weighted by Crippen LogP contribution is -2.15. The van der Waals surface area contributed by atoms with Gasteiger partial charge in [0.25, 0.3) is 0 Å². The van der Waals surface area contributed by atoms with Gasteiger partial charge in [0.2, 0.25) is 0 Å². The van der Waals surface area contributed by atoms with E-state index >= 15 is 0 Å². The molecule has 0 N–H and O–H groups in total. The topological polar surface area (TPSA) is 13.1 Å². The minimum atomic E-state index is 0.0349. The van der Waals surface area contributed by atoms with E-state index in [4.69, 9.17) is 4.42 Å². The van der Waals surface area contributed by atoms with Gasteiger partial charge in [-0.1, -0.05) is 98.8 Å². The zero-order valence-corrected chi connectivity index (χ0v) is 18.9. The Kier molecular flexibility index (Phi) is 3.73. The number of furan rings is 1. The van der Waals surface area contributed by atoms with Crippen LogP contribution in [-0.2, 0) is 11.8 Å². The molecule has 0 saturated heterocycles. The number of fused-ring (bicyclic) bond motifs is 8. The van der Waals surface area contributed by atoms with Crippen molar-refractivity contribution < 1.29 is 4.42 Å². The summed E-state index contributed by atoms with van der Waals surface area (Å²) in [7, 11) is 0. The van der Waals surface area contributed by atoms with Gasteiger partial charge in [0.05, 0.1) is 0 Å². The molecule has 6 aromatic rings. The van der Waals surface area contributed by atoms with E-state index in [0.717, 1.165) is 17.6 Å². The van der Waals surface area contributed by atoms with Crippen LogP contribution >= 0.6 is 0 Å². The molecule has 1 aliphatic carbocycles. The van der Waals surface area contributed by atoms with Crippen molar-refractivity contribution in [3.8, 4) is 11.1 Å². The third-order valence-corrected chi connectivity index (χ3v) is 7.48. The Balaban J connectivity index is 1.34. The molecule has 0 aliphatic heterocycles. The summed E-state index contributed by atoms with van der Waals surface area (Å²) in [6.07, 6.45) is 0.918. The molecule has 7 rings (SSSR count). The van der Waals surface area contributed by atoms with E-state index in [0.29, 0.717) is 0 Å². The minimum Gasteiger partial charge on any atom is -0.456 e. The molecule has 5 aromatic carbocycles. The molecule has 1 heteroatoms. The maximum absolute atomic E-state index is 6.12. The van der Waals surface area contributed by atoms with Gasteiger partial charge in [0.15, 0.2) is 0 Å². The second-order valence-corrected chi connectivity index (χ2v) is 9.82. The van der Waals surface area contributed by atoms with E-state index in [1.165, 1.54) is 54.9 Å². The van der Waals surface area contributed by atoms with Crippen molar-refractivity contribution >= 4 is 32.7 Å². The number of benzene rings is 5. The first-order valence-electron chi connectivity index (χ1n) is 11.7. The Morgan fingerprint density at radius 3 is 2.27 bits per heavy atom. The van der Waals surface area contributed by atoms with E-state index in [1.807, 2.05) is 6.07 Å². The van der Waals surface area contributed by atoms with Crippen LogP contribution in [0.1, 0.15) is 36.1 Å². The summed E-state index contributed by atoms with van der Waals surface area (Å²) < 4.78 is 6.12. The molecule has 0 atom stereocenters. The molecule has 0 unspecified atom stereocenters. The van der Waals surface area contributed by atoms with E-state index in [-0.39, 0.29) is 5.41 Å². The smallest absolute Gasteiger partial charge is 0.136 e. The van der Waals surface area contributed by atoms with Crippen molar-refractivity contribution in [3.63, 3.8) is 0 Å². The van der Waals surface area contributed by atoms with Gasteiger partial charge in [0.1, 0.15) is 11.2 Å². The average molecular weight is 425 g/mol. The first-order chi connectivity index (χ1) is 16.1. The molecule has 33 heavy (non-hydrogen) atoms. The maximum atomic E-state index is 6.12. The summed E-state index contributed by atoms with van der Waals surface area (Å²) in [6.45, 7) is 4.69. The predicted molar refractivity (Wildman–Crippen MR) is 138 cm³/mol. The summed E-state index contributed by atoms with van der Waals surface area (Å²) in [4.78, 5) is 0.